The van der Waals surface area contributed by atoms with Gasteiger partial charge in [0.1, 0.15) is 12.4 Å². The van der Waals surface area contributed by atoms with E-state index in [-0.39, 0.29) is 6.79 Å². The lowest BCUT2D eigenvalue weighted by Gasteiger charge is -2.13. The zero-order chi connectivity index (χ0) is 18.7. The van der Waals surface area contributed by atoms with Crippen molar-refractivity contribution in [1.29, 1.82) is 0 Å². The highest BCUT2D eigenvalue weighted by molar-refractivity contribution is 5.79. The van der Waals surface area contributed by atoms with Crippen molar-refractivity contribution in [3.63, 3.8) is 0 Å². The molecule has 0 saturated carbocycles. The van der Waals surface area contributed by atoms with E-state index < -0.39 is 0 Å². The predicted molar refractivity (Wildman–Crippen MR) is 102 cm³/mol. The minimum Gasteiger partial charge on any atom is -0.492 e. The molecule has 1 aromatic rings. The summed E-state index contributed by atoms with van der Waals surface area (Å²) in [6, 6.07) is 5.57. The third kappa shape index (κ3) is 6.48. The van der Waals surface area contributed by atoms with E-state index in [4.69, 9.17) is 23.7 Å². The van der Waals surface area contributed by atoms with E-state index in [0.717, 1.165) is 69.0 Å². The van der Waals surface area contributed by atoms with Crippen molar-refractivity contribution >= 4 is 5.96 Å². The standard InChI is InChI=1S/C19H29N3O5/c1-20-19(21-6-2-8-23-12-15-5-9-24-13-15)22-7-10-25-16-3-4-17-18(11-16)27-14-26-17/h3-4,11,15H,2,5-10,12-14H2,1H3,(H2,20,21,22). The Balaban J connectivity index is 1.21. The molecule has 0 bridgehead atoms. The Bertz CT molecular complexity index is 605. The fourth-order valence-corrected chi connectivity index (χ4v) is 2.87. The lowest BCUT2D eigenvalue weighted by molar-refractivity contribution is 0.0888. The first-order valence-electron chi connectivity index (χ1n) is 9.47. The van der Waals surface area contributed by atoms with Crippen LogP contribution in [0.3, 0.4) is 0 Å². The Kier molecular flexibility index (Phi) is 7.85. The molecule has 3 rings (SSSR count). The fraction of sp³-hybridized carbons (Fsp3) is 0.632. The van der Waals surface area contributed by atoms with Crippen LogP contribution in [0.4, 0.5) is 0 Å². The van der Waals surface area contributed by atoms with Crippen molar-refractivity contribution in [2.75, 3.05) is 60.0 Å². The Morgan fingerprint density at radius 2 is 2.07 bits per heavy atom. The number of guanidine groups is 1. The molecule has 1 atom stereocenters. The minimum atomic E-state index is 0.266. The Morgan fingerprint density at radius 3 is 2.93 bits per heavy atom. The molecule has 8 heteroatoms. The molecule has 0 spiro atoms. The van der Waals surface area contributed by atoms with Crippen LogP contribution in [0.15, 0.2) is 23.2 Å². The quantitative estimate of drug-likeness (QED) is 0.361. The second-order valence-electron chi connectivity index (χ2n) is 6.45. The predicted octanol–water partition coefficient (Wildman–Crippen LogP) is 1.40. The molecule has 27 heavy (non-hydrogen) atoms. The normalized spacial score (nSPS) is 18.6. The molecule has 2 aliphatic rings. The van der Waals surface area contributed by atoms with E-state index in [1.807, 2.05) is 18.2 Å². The van der Waals surface area contributed by atoms with Gasteiger partial charge in [-0.25, -0.2) is 0 Å². The zero-order valence-electron chi connectivity index (χ0n) is 15.9. The molecule has 150 valence electrons. The summed E-state index contributed by atoms with van der Waals surface area (Å²) in [4.78, 5) is 4.21. The van der Waals surface area contributed by atoms with Gasteiger partial charge in [-0.3, -0.25) is 4.99 Å². The van der Waals surface area contributed by atoms with Crippen molar-refractivity contribution in [1.82, 2.24) is 10.6 Å². The molecule has 2 N–H and O–H groups in total. The number of benzene rings is 1. The number of aliphatic imine (C=N–C) groups is 1. The summed E-state index contributed by atoms with van der Waals surface area (Å²) in [6.45, 7) is 5.49. The van der Waals surface area contributed by atoms with Crippen LogP contribution in [-0.2, 0) is 9.47 Å². The Morgan fingerprint density at radius 1 is 1.19 bits per heavy atom. The molecular formula is C19H29N3O5. The topological polar surface area (TPSA) is 82.6 Å². The highest BCUT2D eigenvalue weighted by Crippen LogP contribution is 2.34. The van der Waals surface area contributed by atoms with Crippen molar-refractivity contribution in [2.24, 2.45) is 10.9 Å². The maximum atomic E-state index is 5.72. The molecular weight excluding hydrogens is 350 g/mol. The summed E-state index contributed by atoms with van der Waals surface area (Å²) in [7, 11) is 1.75. The molecule has 0 aromatic heterocycles. The highest BCUT2D eigenvalue weighted by Gasteiger charge is 2.15. The average Bonchev–Trinajstić information content (AvgIpc) is 3.37. The molecule has 1 saturated heterocycles. The molecule has 1 fully saturated rings. The lowest BCUT2D eigenvalue weighted by atomic mass is 10.1. The molecule has 8 nitrogen and oxygen atoms in total. The maximum Gasteiger partial charge on any atom is 0.231 e. The van der Waals surface area contributed by atoms with Gasteiger partial charge in [-0.2, -0.15) is 0 Å². The molecule has 2 heterocycles. The van der Waals surface area contributed by atoms with Crippen LogP contribution >= 0.6 is 0 Å². The van der Waals surface area contributed by atoms with E-state index in [9.17, 15) is 0 Å². The van der Waals surface area contributed by atoms with Gasteiger partial charge in [0, 0.05) is 38.8 Å². The van der Waals surface area contributed by atoms with Crippen LogP contribution in [0.2, 0.25) is 0 Å². The minimum absolute atomic E-state index is 0.266. The SMILES string of the molecule is CN=C(NCCCOCC1CCOC1)NCCOc1ccc2c(c1)OCO2. The van der Waals surface area contributed by atoms with Crippen molar-refractivity contribution in [3.05, 3.63) is 18.2 Å². The van der Waals surface area contributed by atoms with Gasteiger partial charge in [-0.05, 0) is 25.0 Å². The first kappa shape index (κ1) is 19.6. The average molecular weight is 379 g/mol. The van der Waals surface area contributed by atoms with Gasteiger partial charge in [-0.15, -0.1) is 0 Å². The number of hydrogen-bond acceptors (Lipinski definition) is 6. The van der Waals surface area contributed by atoms with E-state index >= 15 is 0 Å². The van der Waals surface area contributed by atoms with Crippen molar-refractivity contribution < 1.29 is 23.7 Å². The largest absolute Gasteiger partial charge is 0.492 e. The Labute approximate surface area is 160 Å². The molecule has 1 aromatic carbocycles. The number of nitrogens with zero attached hydrogens (tertiary/aromatic N) is 1. The number of nitrogens with one attached hydrogen (secondary N) is 2. The van der Waals surface area contributed by atoms with Gasteiger partial charge in [0.2, 0.25) is 6.79 Å². The number of fused-ring (bicyclic) bond motifs is 1. The van der Waals surface area contributed by atoms with E-state index in [1.165, 1.54) is 0 Å². The summed E-state index contributed by atoms with van der Waals surface area (Å²) in [5.41, 5.74) is 0. The van der Waals surface area contributed by atoms with Crippen LogP contribution in [0.1, 0.15) is 12.8 Å². The molecule has 0 amide bonds. The van der Waals surface area contributed by atoms with E-state index in [1.54, 1.807) is 7.05 Å². The van der Waals surface area contributed by atoms with Gasteiger partial charge in [-0.1, -0.05) is 0 Å². The van der Waals surface area contributed by atoms with Gasteiger partial charge >= 0.3 is 0 Å². The molecule has 1 unspecified atom stereocenters. The summed E-state index contributed by atoms with van der Waals surface area (Å²) in [6.07, 6.45) is 2.05. The third-order valence-corrected chi connectivity index (χ3v) is 4.37. The van der Waals surface area contributed by atoms with Crippen molar-refractivity contribution in [3.8, 4) is 17.2 Å². The smallest absolute Gasteiger partial charge is 0.231 e. The maximum absolute atomic E-state index is 5.72. The molecule has 0 radical (unpaired) electrons. The van der Waals surface area contributed by atoms with Crippen LogP contribution in [0, 0.1) is 5.92 Å². The van der Waals surface area contributed by atoms with E-state index in [0.29, 0.717) is 19.1 Å². The summed E-state index contributed by atoms with van der Waals surface area (Å²) in [5.74, 6) is 3.56. The summed E-state index contributed by atoms with van der Waals surface area (Å²) >= 11 is 0. The molecule has 0 aliphatic carbocycles. The number of hydrogen-bond donors (Lipinski definition) is 2. The zero-order valence-corrected chi connectivity index (χ0v) is 15.9. The second-order valence-corrected chi connectivity index (χ2v) is 6.45. The number of ether oxygens (including phenoxy) is 5. The lowest BCUT2D eigenvalue weighted by Crippen LogP contribution is -2.39. The van der Waals surface area contributed by atoms with Crippen LogP contribution in [0.5, 0.6) is 17.2 Å². The van der Waals surface area contributed by atoms with Crippen LogP contribution in [0.25, 0.3) is 0 Å². The first-order valence-corrected chi connectivity index (χ1v) is 9.47. The number of rotatable bonds is 10. The van der Waals surface area contributed by atoms with Gasteiger partial charge in [0.15, 0.2) is 17.5 Å². The second kappa shape index (κ2) is 10.8. The summed E-state index contributed by atoms with van der Waals surface area (Å²) in [5, 5.41) is 6.50. The van der Waals surface area contributed by atoms with E-state index in [2.05, 4.69) is 15.6 Å². The van der Waals surface area contributed by atoms with Gasteiger partial charge < -0.3 is 34.3 Å². The van der Waals surface area contributed by atoms with Crippen molar-refractivity contribution in [2.45, 2.75) is 12.8 Å². The summed E-state index contributed by atoms with van der Waals surface area (Å²) < 4.78 is 27.4. The molecule has 2 aliphatic heterocycles. The third-order valence-electron chi connectivity index (χ3n) is 4.37. The first-order chi connectivity index (χ1) is 13.3. The van der Waals surface area contributed by atoms with Gasteiger partial charge in [0.05, 0.1) is 19.8 Å². The van der Waals surface area contributed by atoms with Gasteiger partial charge in [0.25, 0.3) is 0 Å². The highest BCUT2D eigenvalue weighted by atomic mass is 16.7. The fourth-order valence-electron chi connectivity index (χ4n) is 2.87. The van der Waals surface area contributed by atoms with Crippen LogP contribution in [-0.4, -0.2) is 65.9 Å². The Hall–Kier alpha value is -2.19. The van der Waals surface area contributed by atoms with Crippen LogP contribution < -0.4 is 24.8 Å². The monoisotopic (exact) mass is 379 g/mol.